The highest BCUT2D eigenvalue weighted by atomic mass is 127. The Kier molecular flexibility index (Phi) is 8.82. The summed E-state index contributed by atoms with van der Waals surface area (Å²) < 4.78 is 6.10. The summed E-state index contributed by atoms with van der Waals surface area (Å²) in [7, 11) is 1.84. The van der Waals surface area contributed by atoms with Gasteiger partial charge in [0.15, 0.2) is 5.96 Å². The van der Waals surface area contributed by atoms with Crippen molar-refractivity contribution in [3.05, 3.63) is 35.5 Å². The number of nitrogens with zero attached hydrogens (tertiary/aromatic N) is 1. The van der Waals surface area contributed by atoms with Gasteiger partial charge in [0.25, 0.3) is 0 Å². The SMILES string of the molecule is CN=C(NCCc1c[nH]c2cccc(C)c12)NCC1CCCOC1C(C)(C)C.I. The minimum atomic E-state index is 0. The van der Waals surface area contributed by atoms with Crippen LogP contribution in [0.3, 0.4) is 0 Å². The van der Waals surface area contributed by atoms with Gasteiger partial charge in [0.1, 0.15) is 0 Å². The number of halogens is 1. The van der Waals surface area contributed by atoms with Crippen molar-refractivity contribution >= 4 is 40.8 Å². The Hall–Kier alpha value is -1.28. The number of rotatable bonds is 5. The zero-order valence-corrected chi connectivity index (χ0v) is 20.8. The topological polar surface area (TPSA) is 61.4 Å². The number of ether oxygens (including phenoxy) is 1. The number of hydrogen-bond donors (Lipinski definition) is 3. The normalized spacial score (nSPS) is 20.4. The van der Waals surface area contributed by atoms with E-state index in [1.807, 2.05) is 7.05 Å². The summed E-state index contributed by atoms with van der Waals surface area (Å²) >= 11 is 0. The third-order valence-electron chi connectivity index (χ3n) is 5.74. The monoisotopic (exact) mass is 512 g/mol. The van der Waals surface area contributed by atoms with Crippen molar-refractivity contribution in [2.24, 2.45) is 16.3 Å². The fourth-order valence-electron chi connectivity index (χ4n) is 4.42. The molecule has 0 aliphatic carbocycles. The fourth-order valence-corrected chi connectivity index (χ4v) is 4.42. The largest absolute Gasteiger partial charge is 0.377 e. The van der Waals surface area contributed by atoms with Crippen molar-refractivity contribution in [3.8, 4) is 0 Å². The van der Waals surface area contributed by atoms with Crippen LogP contribution >= 0.6 is 24.0 Å². The van der Waals surface area contributed by atoms with E-state index in [2.05, 4.69) is 72.7 Å². The van der Waals surface area contributed by atoms with E-state index in [-0.39, 0.29) is 29.4 Å². The summed E-state index contributed by atoms with van der Waals surface area (Å²) in [5.41, 5.74) is 4.05. The van der Waals surface area contributed by atoms with E-state index >= 15 is 0 Å². The Bertz CT molecular complexity index is 809. The van der Waals surface area contributed by atoms with Crippen LogP contribution in [0.2, 0.25) is 0 Å². The molecule has 2 atom stereocenters. The highest BCUT2D eigenvalue weighted by Gasteiger charge is 2.35. The average molecular weight is 512 g/mol. The van der Waals surface area contributed by atoms with Gasteiger partial charge in [-0.3, -0.25) is 4.99 Å². The lowest BCUT2D eigenvalue weighted by Crippen LogP contribution is -2.47. The van der Waals surface area contributed by atoms with Crippen LogP contribution < -0.4 is 10.6 Å². The van der Waals surface area contributed by atoms with E-state index in [1.54, 1.807) is 0 Å². The molecule has 1 aromatic heterocycles. The lowest BCUT2D eigenvalue weighted by molar-refractivity contribution is -0.0835. The number of benzene rings is 1. The van der Waals surface area contributed by atoms with Gasteiger partial charge >= 0.3 is 0 Å². The number of aliphatic imine (C=N–C) groups is 1. The van der Waals surface area contributed by atoms with Gasteiger partial charge < -0.3 is 20.4 Å². The van der Waals surface area contributed by atoms with Crippen LogP contribution in [0.1, 0.15) is 44.7 Å². The molecule has 1 aliphatic rings. The third-order valence-corrected chi connectivity index (χ3v) is 5.74. The molecular formula is C23H37IN4O. The summed E-state index contributed by atoms with van der Waals surface area (Å²) in [6.07, 6.45) is 5.73. The van der Waals surface area contributed by atoms with Crippen molar-refractivity contribution in [3.63, 3.8) is 0 Å². The number of aromatic nitrogens is 1. The van der Waals surface area contributed by atoms with Crippen LogP contribution in [0, 0.1) is 18.3 Å². The molecule has 3 N–H and O–H groups in total. The number of aryl methyl sites for hydroxylation is 1. The zero-order chi connectivity index (χ0) is 20.1. The summed E-state index contributed by atoms with van der Waals surface area (Å²) in [6.45, 7) is 11.6. The van der Waals surface area contributed by atoms with Gasteiger partial charge in [0, 0.05) is 49.8 Å². The maximum atomic E-state index is 6.10. The molecule has 3 rings (SSSR count). The summed E-state index contributed by atoms with van der Waals surface area (Å²) in [4.78, 5) is 7.78. The predicted molar refractivity (Wildman–Crippen MR) is 133 cm³/mol. The molecule has 5 nitrogen and oxygen atoms in total. The van der Waals surface area contributed by atoms with Crippen LogP contribution in [0.5, 0.6) is 0 Å². The molecule has 0 saturated carbocycles. The van der Waals surface area contributed by atoms with Gasteiger partial charge in [0.05, 0.1) is 6.10 Å². The quantitative estimate of drug-likeness (QED) is 0.311. The number of H-pyrrole nitrogens is 1. The van der Waals surface area contributed by atoms with E-state index in [0.717, 1.165) is 38.5 Å². The number of guanidine groups is 1. The number of fused-ring (bicyclic) bond motifs is 1. The molecule has 2 aromatic rings. The molecule has 6 heteroatoms. The van der Waals surface area contributed by atoms with Crippen molar-refractivity contribution in [1.29, 1.82) is 0 Å². The Balaban J connectivity index is 0.00000300. The molecule has 162 valence electrons. The minimum absolute atomic E-state index is 0. The second kappa shape index (κ2) is 10.7. The maximum absolute atomic E-state index is 6.10. The Morgan fingerprint density at radius 2 is 2.07 bits per heavy atom. The first kappa shape index (κ1) is 24.0. The Morgan fingerprint density at radius 1 is 1.28 bits per heavy atom. The van der Waals surface area contributed by atoms with E-state index in [9.17, 15) is 0 Å². The van der Waals surface area contributed by atoms with Crippen molar-refractivity contribution in [1.82, 2.24) is 15.6 Å². The molecule has 0 spiro atoms. The molecule has 0 radical (unpaired) electrons. The van der Waals surface area contributed by atoms with Gasteiger partial charge in [-0.05, 0) is 48.8 Å². The van der Waals surface area contributed by atoms with Crippen LogP contribution in [0.25, 0.3) is 10.9 Å². The zero-order valence-electron chi connectivity index (χ0n) is 18.5. The highest BCUT2D eigenvalue weighted by molar-refractivity contribution is 14.0. The van der Waals surface area contributed by atoms with Crippen LogP contribution in [-0.4, -0.2) is 43.8 Å². The van der Waals surface area contributed by atoms with Crippen molar-refractivity contribution in [2.45, 2.75) is 53.1 Å². The molecule has 2 heterocycles. The third kappa shape index (κ3) is 6.10. The minimum Gasteiger partial charge on any atom is -0.377 e. The molecule has 0 amide bonds. The molecule has 0 bridgehead atoms. The van der Waals surface area contributed by atoms with Crippen molar-refractivity contribution in [2.75, 3.05) is 26.7 Å². The van der Waals surface area contributed by atoms with Crippen LogP contribution in [-0.2, 0) is 11.2 Å². The van der Waals surface area contributed by atoms with E-state index in [4.69, 9.17) is 4.74 Å². The highest BCUT2D eigenvalue weighted by Crippen LogP contribution is 2.33. The van der Waals surface area contributed by atoms with Gasteiger partial charge in [0.2, 0.25) is 0 Å². The second-order valence-electron chi connectivity index (χ2n) is 9.00. The smallest absolute Gasteiger partial charge is 0.190 e. The van der Waals surface area contributed by atoms with Gasteiger partial charge in [-0.25, -0.2) is 0 Å². The Labute approximate surface area is 192 Å². The maximum Gasteiger partial charge on any atom is 0.190 e. The van der Waals surface area contributed by atoms with Crippen LogP contribution in [0.4, 0.5) is 0 Å². The van der Waals surface area contributed by atoms with Gasteiger partial charge in [-0.2, -0.15) is 0 Å². The number of aromatic amines is 1. The first-order valence-corrected chi connectivity index (χ1v) is 10.5. The Morgan fingerprint density at radius 3 is 2.79 bits per heavy atom. The van der Waals surface area contributed by atoms with E-state index in [0.29, 0.717) is 12.0 Å². The lowest BCUT2D eigenvalue weighted by Gasteiger charge is -2.40. The molecule has 2 unspecified atom stereocenters. The first-order valence-electron chi connectivity index (χ1n) is 10.5. The summed E-state index contributed by atoms with van der Waals surface area (Å²) in [5.74, 6) is 1.39. The number of hydrogen-bond acceptors (Lipinski definition) is 2. The van der Waals surface area contributed by atoms with Gasteiger partial charge in [-0.15, -0.1) is 24.0 Å². The first-order chi connectivity index (χ1) is 13.4. The van der Waals surface area contributed by atoms with Gasteiger partial charge in [-0.1, -0.05) is 32.9 Å². The standard InChI is InChI=1S/C23H36N4O.HI/c1-16-8-6-10-19-20(16)17(14-26-19)11-12-25-22(24-5)27-15-18-9-7-13-28-21(18)23(2,3)4;/h6,8,10,14,18,21,26H,7,9,11-13,15H2,1-5H3,(H2,24,25,27);1H. The fraction of sp³-hybridized carbons (Fsp3) is 0.609. The lowest BCUT2D eigenvalue weighted by atomic mass is 9.78. The predicted octanol–water partition coefficient (Wildman–Crippen LogP) is 4.64. The molecule has 29 heavy (non-hydrogen) atoms. The van der Waals surface area contributed by atoms with E-state index in [1.165, 1.54) is 28.5 Å². The summed E-state index contributed by atoms with van der Waals surface area (Å²) in [5, 5.41) is 8.34. The summed E-state index contributed by atoms with van der Waals surface area (Å²) in [6, 6.07) is 6.41. The van der Waals surface area contributed by atoms with Crippen LogP contribution in [0.15, 0.2) is 29.4 Å². The molecular weight excluding hydrogens is 475 g/mol. The number of nitrogens with one attached hydrogen (secondary N) is 3. The molecule has 1 aliphatic heterocycles. The van der Waals surface area contributed by atoms with E-state index < -0.39 is 0 Å². The second-order valence-corrected chi connectivity index (χ2v) is 9.00. The molecule has 1 aromatic carbocycles. The average Bonchev–Trinajstić information content (AvgIpc) is 3.08. The molecule has 1 fully saturated rings. The molecule has 1 saturated heterocycles. The van der Waals surface area contributed by atoms with Crippen molar-refractivity contribution < 1.29 is 4.74 Å².